The number of carbonyl (C=O) groups excluding carboxylic acids is 3. The van der Waals surface area contributed by atoms with E-state index in [1.54, 1.807) is 29.0 Å². The van der Waals surface area contributed by atoms with Gasteiger partial charge in [0.05, 0.1) is 17.3 Å². The quantitative estimate of drug-likeness (QED) is 0.189. The van der Waals surface area contributed by atoms with E-state index < -0.39 is 5.91 Å². The molecule has 0 bridgehead atoms. The lowest BCUT2D eigenvalue weighted by atomic mass is 10.1. The fraction of sp³-hybridized carbons (Fsp3) is 0.300. The van der Waals surface area contributed by atoms with Crippen LogP contribution in [0.3, 0.4) is 0 Å². The van der Waals surface area contributed by atoms with E-state index in [1.807, 2.05) is 48.7 Å². The highest BCUT2D eigenvalue weighted by Gasteiger charge is 2.29. The highest BCUT2D eigenvalue weighted by atomic mass is 16.5. The van der Waals surface area contributed by atoms with Crippen LogP contribution in [0.4, 0.5) is 5.95 Å². The zero-order valence-corrected chi connectivity index (χ0v) is 23.1. The molecule has 41 heavy (non-hydrogen) atoms. The number of nitrogens with one attached hydrogen (secondary N) is 2. The first kappa shape index (κ1) is 27.6. The van der Waals surface area contributed by atoms with Gasteiger partial charge in [-0.2, -0.15) is 5.10 Å². The van der Waals surface area contributed by atoms with Crippen LogP contribution in [0.5, 0.6) is 5.75 Å². The van der Waals surface area contributed by atoms with Crippen molar-refractivity contribution in [2.24, 2.45) is 5.73 Å². The number of ether oxygens (including phenoxy) is 1. The second-order valence-corrected chi connectivity index (χ2v) is 9.95. The normalized spacial score (nSPS) is 14.2. The van der Waals surface area contributed by atoms with Crippen molar-refractivity contribution in [3.8, 4) is 5.75 Å². The van der Waals surface area contributed by atoms with Crippen molar-refractivity contribution in [1.82, 2.24) is 24.6 Å². The molecule has 1 atom stereocenters. The van der Waals surface area contributed by atoms with Crippen LogP contribution in [0, 0.1) is 6.92 Å². The minimum Gasteiger partial charge on any atom is -0.489 e. The minimum atomic E-state index is -0.586. The van der Waals surface area contributed by atoms with E-state index in [9.17, 15) is 14.4 Å². The summed E-state index contributed by atoms with van der Waals surface area (Å²) >= 11 is 0. The molecule has 1 aliphatic heterocycles. The molecule has 3 amide bonds. The zero-order valence-electron chi connectivity index (χ0n) is 23.1. The number of nitrogens with two attached hydrogens (primary N) is 1. The number of rotatable bonds is 11. The predicted octanol–water partition coefficient (Wildman–Crippen LogP) is 3.85. The molecule has 0 fully saturated rings. The molecule has 11 heteroatoms. The SMILES string of the molecule is CCn1nc(C)cc1C(=O)Nc1nc2cc(C(N)=O)cc3c2n1[C@@H](CCCCNC(=O)/C=C/c1ccccc1)CO3. The molecule has 0 spiro atoms. The maximum atomic E-state index is 13.3. The summed E-state index contributed by atoms with van der Waals surface area (Å²) < 4.78 is 9.65. The lowest BCUT2D eigenvalue weighted by molar-refractivity contribution is -0.116. The van der Waals surface area contributed by atoms with Gasteiger partial charge < -0.3 is 20.4 Å². The van der Waals surface area contributed by atoms with Crippen LogP contribution < -0.4 is 21.1 Å². The molecule has 4 aromatic rings. The molecule has 0 radical (unpaired) electrons. The van der Waals surface area contributed by atoms with Gasteiger partial charge in [-0.25, -0.2) is 4.98 Å². The topological polar surface area (TPSA) is 146 Å². The molecule has 4 N–H and O–H groups in total. The number of aryl methyl sites for hydroxylation is 2. The lowest BCUT2D eigenvalue weighted by Crippen LogP contribution is -2.26. The third-order valence-corrected chi connectivity index (χ3v) is 6.98. The van der Waals surface area contributed by atoms with Gasteiger partial charge in [0.15, 0.2) is 0 Å². The number of hydrogen-bond acceptors (Lipinski definition) is 6. The van der Waals surface area contributed by atoms with Gasteiger partial charge in [0.1, 0.15) is 23.6 Å². The van der Waals surface area contributed by atoms with Gasteiger partial charge in [0, 0.05) is 24.7 Å². The first-order valence-corrected chi connectivity index (χ1v) is 13.7. The van der Waals surface area contributed by atoms with Crippen molar-refractivity contribution >= 4 is 40.8 Å². The molecule has 0 aliphatic carbocycles. The van der Waals surface area contributed by atoms with Crippen LogP contribution in [-0.2, 0) is 11.3 Å². The smallest absolute Gasteiger partial charge is 0.276 e. The van der Waals surface area contributed by atoms with Crippen LogP contribution >= 0.6 is 0 Å². The lowest BCUT2D eigenvalue weighted by Gasteiger charge is -2.27. The Balaban J connectivity index is 1.29. The van der Waals surface area contributed by atoms with Gasteiger partial charge >= 0.3 is 0 Å². The molecular weight excluding hydrogens is 522 g/mol. The van der Waals surface area contributed by atoms with Crippen molar-refractivity contribution in [3.63, 3.8) is 0 Å². The monoisotopic (exact) mass is 555 g/mol. The van der Waals surface area contributed by atoms with Gasteiger partial charge in [-0.05, 0) is 62.9 Å². The number of anilines is 1. The molecule has 0 saturated heterocycles. The average molecular weight is 556 g/mol. The number of imidazole rings is 1. The van der Waals surface area contributed by atoms with Crippen LogP contribution in [0.2, 0.25) is 0 Å². The summed E-state index contributed by atoms with van der Waals surface area (Å²) in [6, 6.07) is 14.5. The Morgan fingerprint density at radius 2 is 1.95 bits per heavy atom. The molecule has 2 aromatic carbocycles. The van der Waals surface area contributed by atoms with Crippen LogP contribution in [0.25, 0.3) is 17.1 Å². The van der Waals surface area contributed by atoms with E-state index >= 15 is 0 Å². The summed E-state index contributed by atoms with van der Waals surface area (Å²) in [4.78, 5) is 42.0. The highest BCUT2D eigenvalue weighted by molar-refractivity contribution is 6.04. The Labute approximate surface area is 237 Å². The molecule has 1 aliphatic rings. The molecule has 11 nitrogen and oxygen atoms in total. The summed E-state index contributed by atoms with van der Waals surface area (Å²) in [6.45, 7) is 5.18. The fourth-order valence-electron chi connectivity index (χ4n) is 5.01. The van der Waals surface area contributed by atoms with Crippen molar-refractivity contribution in [3.05, 3.63) is 77.1 Å². The highest BCUT2D eigenvalue weighted by Crippen LogP contribution is 2.38. The maximum absolute atomic E-state index is 13.3. The van der Waals surface area contributed by atoms with Crippen LogP contribution in [0.1, 0.15) is 64.3 Å². The molecule has 2 aromatic heterocycles. The van der Waals surface area contributed by atoms with E-state index in [0.717, 1.165) is 30.5 Å². The standard InChI is InChI=1S/C30H33N7O4/c1-3-36-24(15-19(2)35-36)29(40)34-30-33-23-16-21(28(31)39)17-25-27(23)37(30)22(18-41-25)11-7-8-14-32-26(38)13-12-20-9-5-4-6-10-20/h4-6,9-10,12-13,15-17,22H,3,7-8,11,14,18H2,1-2H3,(H2,31,39)(H,32,38)(H,33,34,40)/b13-12+/t22-/m0/s1. The summed E-state index contributed by atoms with van der Waals surface area (Å²) in [5, 5.41) is 10.2. The molecular formula is C30H33N7O4. The first-order valence-electron chi connectivity index (χ1n) is 13.7. The van der Waals surface area contributed by atoms with Gasteiger partial charge in [0.25, 0.3) is 5.91 Å². The van der Waals surface area contributed by atoms with Crippen LogP contribution in [0.15, 0.2) is 54.6 Å². The van der Waals surface area contributed by atoms with Crippen molar-refractivity contribution in [1.29, 1.82) is 0 Å². The van der Waals surface area contributed by atoms with Gasteiger partial charge in [-0.1, -0.05) is 30.3 Å². The Hall–Kier alpha value is -4.93. The number of amides is 3. The molecule has 212 valence electrons. The number of unbranched alkanes of at least 4 members (excludes halogenated alkanes) is 1. The fourth-order valence-corrected chi connectivity index (χ4v) is 5.01. The third-order valence-electron chi connectivity index (χ3n) is 6.98. The number of hydrogen-bond donors (Lipinski definition) is 3. The van der Waals surface area contributed by atoms with E-state index in [1.165, 1.54) is 6.08 Å². The third kappa shape index (κ3) is 6.13. The van der Waals surface area contributed by atoms with Gasteiger partial charge in [-0.15, -0.1) is 0 Å². The molecule has 5 rings (SSSR count). The zero-order chi connectivity index (χ0) is 28.9. The Morgan fingerprint density at radius 3 is 2.71 bits per heavy atom. The van der Waals surface area contributed by atoms with Gasteiger partial charge in [0.2, 0.25) is 17.8 Å². The van der Waals surface area contributed by atoms with E-state index in [2.05, 4.69) is 20.7 Å². The number of primary amides is 1. The van der Waals surface area contributed by atoms with E-state index in [-0.39, 0.29) is 23.4 Å². The minimum absolute atomic E-state index is 0.117. The van der Waals surface area contributed by atoms with E-state index in [0.29, 0.717) is 48.1 Å². The second kappa shape index (κ2) is 12.1. The number of carbonyl (C=O) groups is 3. The summed E-state index contributed by atoms with van der Waals surface area (Å²) in [6.07, 6.45) is 5.62. The molecule has 0 unspecified atom stereocenters. The second-order valence-electron chi connectivity index (χ2n) is 9.95. The Morgan fingerprint density at radius 1 is 1.15 bits per heavy atom. The number of benzene rings is 2. The summed E-state index contributed by atoms with van der Waals surface area (Å²) in [5.74, 6) is -0.199. The van der Waals surface area contributed by atoms with Crippen molar-refractivity contribution in [2.45, 2.75) is 45.7 Å². The maximum Gasteiger partial charge on any atom is 0.276 e. The predicted molar refractivity (Wildman–Crippen MR) is 156 cm³/mol. The van der Waals surface area contributed by atoms with Crippen LogP contribution in [-0.4, -0.2) is 50.2 Å². The van der Waals surface area contributed by atoms with Crippen molar-refractivity contribution < 1.29 is 19.1 Å². The number of aromatic nitrogens is 4. The Bertz CT molecular complexity index is 1620. The van der Waals surface area contributed by atoms with E-state index in [4.69, 9.17) is 10.5 Å². The Kier molecular flexibility index (Phi) is 8.14. The average Bonchev–Trinajstić information content (AvgIpc) is 3.54. The first-order chi connectivity index (χ1) is 19.8. The largest absolute Gasteiger partial charge is 0.489 e. The number of nitrogens with zero attached hydrogens (tertiary/aromatic N) is 4. The molecule has 0 saturated carbocycles. The summed E-state index contributed by atoms with van der Waals surface area (Å²) in [7, 11) is 0. The summed E-state index contributed by atoms with van der Waals surface area (Å²) in [5.41, 5.74) is 9.16. The molecule has 3 heterocycles. The van der Waals surface area contributed by atoms with Gasteiger partial charge in [-0.3, -0.25) is 24.4 Å². The van der Waals surface area contributed by atoms with Crippen molar-refractivity contribution in [2.75, 3.05) is 18.5 Å².